The molecule has 2 aromatic heterocycles. The molecule has 1 N–H and O–H groups in total. The largest absolute Gasteiger partial charge is 0.309 e. The molecule has 1 amide bonds. The second-order valence-electron chi connectivity index (χ2n) is 5.44. The van der Waals surface area contributed by atoms with Crippen LogP contribution in [0.25, 0.3) is 5.82 Å². The smallest absolute Gasteiger partial charge is 0.228 e. The number of aromatic nitrogens is 3. The van der Waals surface area contributed by atoms with Crippen LogP contribution < -0.4 is 5.32 Å². The van der Waals surface area contributed by atoms with Crippen molar-refractivity contribution in [3.63, 3.8) is 0 Å². The Hall–Kier alpha value is -2.68. The zero-order valence-electron chi connectivity index (χ0n) is 12.2. The minimum atomic E-state index is -0.0334. The lowest BCUT2D eigenvalue weighted by molar-refractivity contribution is -0.120. The summed E-state index contributed by atoms with van der Waals surface area (Å²) in [5.74, 6) is 0.959. The number of nitrogens with zero attached hydrogens (tertiary/aromatic N) is 4. The van der Waals surface area contributed by atoms with Crippen LogP contribution in [0.4, 0.5) is 5.82 Å². The van der Waals surface area contributed by atoms with Crippen LogP contribution in [-0.2, 0) is 4.79 Å². The topological polar surface area (TPSA) is 83.6 Å². The molecule has 6 nitrogen and oxygen atoms in total. The highest BCUT2D eigenvalue weighted by molar-refractivity contribution is 5.93. The molecule has 1 saturated carbocycles. The number of rotatable bonds is 3. The van der Waals surface area contributed by atoms with Crippen LogP contribution in [0, 0.1) is 17.2 Å². The number of pyridine rings is 1. The van der Waals surface area contributed by atoms with Crippen molar-refractivity contribution in [3.05, 3.63) is 36.2 Å². The molecule has 1 aliphatic carbocycles. The van der Waals surface area contributed by atoms with E-state index < -0.39 is 0 Å². The van der Waals surface area contributed by atoms with Crippen molar-refractivity contribution in [2.24, 2.45) is 5.92 Å². The van der Waals surface area contributed by atoms with Crippen LogP contribution in [-0.4, -0.2) is 20.7 Å². The molecule has 3 rings (SSSR count). The minimum Gasteiger partial charge on any atom is -0.309 e. The number of hydrogen-bond donors (Lipinski definition) is 1. The van der Waals surface area contributed by atoms with E-state index in [9.17, 15) is 10.1 Å². The summed E-state index contributed by atoms with van der Waals surface area (Å²) in [5, 5.41) is 16.3. The van der Waals surface area contributed by atoms with Crippen molar-refractivity contribution < 1.29 is 4.79 Å². The number of amides is 1. The maximum absolute atomic E-state index is 12.4. The quantitative estimate of drug-likeness (QED) is 0.943. The number of carbonyl (C=O) groups is 1. The van der Waals surface area contributed by atoms with Gasteiger partial charge in [0.05, 0.1) is 6.20 Å². The van der Waals surface area contributed by atoms with E-state index in [2.05, 4.69) is 21.5 Å². The van der Waals surface area contributed by atoms with Crippen LogP contribution >= 0.6 is 0 Å². The number of hydrogen-bond acceptors (Lipinski definition) is 4. The highest BCUT2D eigenvalue weighted by Gasteiger charge is 2.24. The predicted molar refractivity (Wildman–Crippen MR) is 81.3 cm³/mol. The summed E-state index contributed by atoms with van der Waals surface area (Å²) in [4.78, 5) is 16.7. The molecule has 0 bridgehead atoms. The van der Waals surface area contributed by atoms with E-state index in [4.69, 9.17) is 0 Å². The second kappa shape index (κ2) is 6.39. The zero-order chi connectivity index (χ0) is 15.4. The van der Waals surface area contributed by atoms with Gasteiger partial charge in [-0.05, 0) is 25.0 Å². The summed E-state index contributed by atoms with van der Waals surface area (Å²) in [6, 6.07) is 7.49. The van der Waals surface area contributed by atoms with Crippen LogP contribution in [0.1, 0.15) is 37.7 Å². The van der Waals surface area contributed by atoms with Gasteiger partial charge in [0.2, 0.25) is 5.91 Å². The molecule has 2 heterocycles. The average molecular weight is 295 g/mol. The van der Waals surface area contributed by atoms with E-state index in [1.807, 2.05) is 6.07 Å². The van der Waals surface area contributed by atoms with E-state index in [1.165, 1.54) is 17.3 Å². The molecule has 0 saturated heterocycles. The third kappa shape index (κ3) is 2.84. The summed E-state index contributed by atoms with van der Waals surface area (Å²) < 4.78 is 1.50. The third-order valence-corrected chi connectivity index (χ3v) is 3.97. The van der Waals surface area contributed by atoms with Gasteiger partial charge in [0, 0.05) is 12.1 Å². The minimum absolute atomic E-state index is 0.0207. The fraction of sp³-hybridized carbons (Fsp3) is 0.375. The van der Waals surface area contributed by atoms with Crippen LogP contribution in [0.3, 0.4) is 0 Å². The van der Waals surface area contributed by atoms with E-state index >= 15 is 0 Å². The van der Waals surface area contributed by atoms with Gasteiger partial charge in [0.1, 0.15) is 11.6 Å². The number of nitrogens with one attached hydrogen (secondary N) is 1. The normalized spacial score (nSPS) is 15.2. The molecule has 0 aromatic carbocycles. The van der Waals surface area contributed by atoms with Crippen molar-refractivity contribution in [1.82, 2.24) is 14.8 Å². The van der Waals surface area contributed by atoms with Crippen molar-refractivity contribution >= 4 is 11.7 Å². The first-order valence-electron chi connectivity index (χ1n) is 7.50. The van der Waals surface area contributed by atoms with Gasteiger partial charge in [-0.25, -0.2) is 4.98 Å². The van der Waals surface area contributed by atoms with Crippen molar-refractivity contribution in [3.8, 4) is 11.9 Å². The molecule has 6 heteroatoms. The molecule has 0 aliphatic heterocycles. The van der Waals surface area contributed by atoms with Crippen LogP contribution in [0.5, 0.6) is 0 Å². The lowest BCUT2D eigenvalue weighted by Crippen LogP contribution is -2.26. The van der Waals surface area contributed by atoms with Gasteiger partial charge in [-0.1, -0.05) is 25.3 Å². The summed E-state index contributed by atoms with van der Waals surface area (Å²) in [5.41, 5.74) is 0.342. The summed E-state index contributed by atoms with van der Waals surface area (Å²) in [6.45, 7) is 0. The summed E-state index contributed by atoms with van der Waals surface area (Å²) in [6.07, 6.45) is 8.28. The maximum atomic E-state index is 12.4. The van der Waals surface area contributed by atoms with Gasteiger partial charge < -0.3 is 5.32 Å². The Morgan fingerprint density at radius 1 is 1.32 bits per heavy atom. The number of anilines is 1. The van der Waals surface area contributed by atoms with E-state index in [0.29, 0.717) is 17.2 Å². The molecule has 2 aromatic rings. The fourth-order valence-corrected chi connectivity index (χ4v) is 2.79. The molecule has 0 unspecified atom stereocenters. The van der Waals surface area contributed by atoms with Gasteiger partial charge >= 0.3 is 0 Å². The van der Waals surface area contributed by atoms with Crippen LogP contribution in [0.15, 0.2) is 30.6 Å². The Balaban J connectivity index is 1.87. The van der Waals surface area contributed by atoms with Crippen molar-refractivity contribution in [2.45, 2.75) is 32.1 Å². The van der Waals surface area contributed by atoms with Crippen LogP contribution in [0.2, 0.25) is 0 Å². The Kier molecular flexibility index (Phi) is 4.15. The molecule has 0 spiro atoms. The first-order valence-corrected chi connectivity index (χ1v) is 7.50. The molecule has 1 aliphatic rings. The molecule has 112 valence electrons. The Morgan fingerprint density at radius 3 is 2.82 bits per heavy atom. The maximum Gasteiger partial charge on any atom is 0.228 e. The van der Waals surface area contributed by atoms with Crippen molar-refractivity contribution in [1.29, 1.82) is 5.26 Å². The molecular formula is C16H17N5O. The van der Waals surface area contributed by atoms with Crippen molar-refractivity contribution in [2.75, 3.05) is 5.32 Å². The lowest BCUT2D eigenvalue weighted by Gasteiger charge is -2.21. The highest BCUT2D eigenvalue weighted by Crippen LogP contribution is 2.26. The standard InChI is InChI=1S/C16H17N5O/c17-10-13-11-19-21(14-8-4-5-9-18-14)15(13)20-16(22)12-6-2-1-3-7-12/h4-5,8-9,11-12H,1-3,6-7H2,(H,20,22). The first kappa shape index (κ1) is 14.3. The molecular weight excluding hydrogens is 278 g/mol. The lowest BCUT2D eigenvalue weighted by atomic mass is 9.89. The summed E-state index contributed by atoms with van der Waals surface area (Å²) in [7, 11) is 0. The Bertz CT molecular complexity index is 695. The van der Waals surface area contributed by atoms with Gasteiger partial charge in [0.25, 0.3) is 0 Å². The molecule has 0 radical (unpaired) electrons. The van der Waals surface area contributed by atoms with E-state index in [1.54, 1.807) is 18.3 Å². The molecule has 22 heavy (non-hydrogen) atoms. The predicted octanol–water partition coefficient (Wildman–Crippen LogP) is 2.66. The van der Waals surface area contributed by atoms with Gasteiger partial charge in [0.15, 0.2) is 11.6 Å². The first-order chi connectivity index (χ1) is 10.8. The molecule has 0 atom stereocenters. The zero-order valence-corrected chi connectivity index (χ0v) is 12.2. The van der Waals surface area contributed by atoms with Gasteiger partial charge in [-0.3, -0.25) is 4.79 Å². The Morgan fingerprint density at radius 2 is 2.14 bits per heavy atom. The Labute approximate surface area is 128 Å². The number of carbonyl (C=O) groups excluding carboxylic acids is 1. The molecule has 1 fully saturated rings. The third-order valence-electron chi connectivity index (χ3n) is 3.97. The van der Waals surface area contributed by atoms with E-state index in [0.717, 1.165) is 25.7 Å². The second-order valence-corrected chi connectivity index (χ2v) is 5.44. The van der Waals surface area contributed by atoms with Gasteiger partial charge in [-0.2, -0.15) is 15.0 Å². The fourth-order valence-electron chi connectivity index (χ4n) is 2.79. The highest BCUT2D eigenvalue weighted by atomic mass is 16.2. The van der Waals surface area contributed by atoms with E-state index in [-0.39, 0.29) is 11.8 Å². The summed E-state index contributed by atoms with van der Waals surface area (Å²) >= 11 is 0. The average Bonchev–Trinajstić information content (AvgIpc) is 2.99. The monoisotopic (exact) mass is 295 g/mol. The van der Waals surface area contributed by atoms with Gasteiger partial charge in [-0.15, -0.1) is 0 Å². The SMILES string of the molecule is N#Cc1cnn(-c2ccccn2)c1NC(=O)C1CCCCC1. The number of nitriles is 1.